The van der Waals surface area contributed by atoms with Crippen LogP contribution in [0, 0.1) is 6.92 Å². The standard InChI is InChI=1S/C16H11Cl2N3O/c1-9-7-10-3-2-6-19-15(10)16(22)14(9)21-20-13-8-11(17)4-5-12(13)18/h2-8,22H,1H3. The second-order valence-corrected chi connectivity index (χ2v) is 5.61. The molecule has 0 atom stereocenters. The molecule has 6 heteroatoms. The predicted molar refractivity (Wildman–Crippen MR) is 88.8 cm³/mol. The molecule has 0 radical (unpaired) electrons. The van der Waals surface area contributed by atoms with E-state index in [1.54, 1.807) is 24.4 Å². The molecule has 0 aliphatic carbocycles. The molecule has 0 bridgehead atoms. The van der Waals surface area contributed by atoms with Gasteiger partial charge in [0.25, 0.3) is 0 Å². The van der Waals surface area contributed by atoms with Crippen LogP contribution in [0.4, 0.5) is 11.4 Å². The second-order valence-electron chi connectivity index (χ2n) is 4.76. The zero-order valence-corrected chi connectivity index (χ0v) is 13.1. The summed E-state index contributed by atoms with van der Waals surface area (Å²) in [6, 6.07) is 10.5. The Kier molecular flexibility index (Phi) is 3.96. The number of phenols is 1. The maximum atomic E-state index is 10.4. The van der Waals surface area contributed by atoms with E-state index in [1.165, 1.54) is 0 Å². The molecule has 3 rings (SSSR count). The quantitative estimate of drug-likeness (QED) is 0.588. The Morgan fingerprint density at radius 1 is 1.09 bits per heavy atom. The molecule has 0 fully saturated rings. The summed E-state index contributed by atoms with van der Waals surface area (Å²) in [5.41, 5.74) is 2.08. The van der Waals surface area contributed by atoms with Crippen molar-refractivity contribution in [3.63, 3.8) is 0 Å². The molecular formula is C16H11Cl2N3O. The van der Waals surface area contributed by atoms with Crippen molar-refractivity contribution >= 4 is 45.5 Å². The predicted octanol–water partition coefficient (Wildman–Crippen LogP) is 5.97. The normalized spacial score (nSPS) is 11.4. The number of nitrogens with zero attached hydrogens (tertiary/aromatic N) is 3. The Hall–Kier alpha value is -2.17. The lowest BCUT2D eigenvalue weighted by Gasteiger charge is -2.06. The molecule has 3 aromatic rings. The fourth-order valence-corrected chi connectivity index (χ4v) is 2.45. The highest BCUT2D eigenvalue weighted by Crippen LogP contribution is 2.38. The molecular weight excluding hydrogens is 321 g/mol. The Morgan fingerprint density at radius 2 is 1.91 bits per heavy atom. The largest absolute Gasteiger partial charge is 0.504 e. The number of halogens is 2. The van der Waals surface area contributed by atoms with Gasteiger partial charge in [0.05, 0.1) is 5.02 Å². The molecule has 0 amide bonds. The highest BCUT2D eigenvalue weighted by atomic mass is 35.5. The lowest BCUT2D eigenvalue weighted by Crippen LogP contribution is -1.83. The van der Waals surface area contributed by atoms with Gasteiger partial charge in [0.2, 0.25) is 0 Å². The van der Waals surface area contributed by atoms with Crippen molar-refractivity contribution < 1.29 is 5.11 Å². The van der Waals surface area contributed by atoms with Crippen LogP contribution in [0.15, 0.2) is 52.8 Å². The Morgan fingerprint density at radius 3 is 2.73 bits per heavy atom. The molecule has 0 aliphatic rings. The number of azo groups is 1. The van der Waals surface area contributed by atoms with Crippen molar-refractivity contribution in [2.75, 3.05) is 0 Å². The van der Waals surface area contributed by atoms with Crippen molar-refractivity contribution in [2.24, 2.45) is 10.2 Å². The average Bonchev–Trinajstić information content (AvgIpc) is 2.50. The minimum atomic E-state index is -0.00231. The summed E-state index contributed by atoms with van der Waals surface area (Å²) < 4.78 is 0. The molecule has 0 saturated carbocycles. The SMILES string of the molecule is Cc1cc2cccnc2c(O)c1N=Nc1cc(Cl)ccc1Cl. The van der Waals surface area contributed by atoms with Gasteiger partial charge in [-0.1, -0.05) is 29.3 Å². The average molecular weight is 332 g/mol. The van der Waals surface area contributed by atoms with E-state index in [1.807, 2.05) is 25.1 Å². The first kappa shape index (κ1) is 14.8. The second kappa shape index (κ2) is 5.91. The van der Waals surface area contributed by atoms with Crippen LogP contribution in [-0.4, -0.2) is 10.1 Å². The van der Waals surface area contributed by atoms with E-state index >= 15 is 0 Å². The fourth-order valence-electron chi connectivity index (χ4n) is 2.13. The Bertz CT molecular complexity index is 894. The molecule has 2 aromatic carbocycles. The molecule has 0 aliphatic heterocycles. The third kappa shape index (κ3) is 2.75. The fraction of sp³-hybridized carbons (Fsp3) is 0.0625. The first-order valence-corrected chi connectivity index (χ1v) is 7.26. The summed E-state index contributed by atoms with van der Waals surface area (Å²) in [6.45, 7) is 1.85. The molecule has 0 spiro atoms. The minimum absolute atomic E-state index is 0.00231. The lowest BCUT2D eigenvalue weighted by molar-refractivity contribution is 0.481. The number of aromatic hydroxyl groups is 1. The van der Waals surface area contributed by atoms with Crippen molar-refractivity contribution in [3.8, 4) is 5.75 Å². The molecule has 110 valence electrons. The number of hydrogen-bond acceptors (Lipinski definition) is 4. The van der Waals surface area contributed by atoms with Crippen LogP contribution in [0.2, 0.25) is 10.0 Å². The van der Waals surface area contributed by atoms with Crippen LogP contribution in [0.1, 0.15) is 5.56 Å². The van der Waals surface area contributed by atoms with Crippen LogP contribution in [0.5, 0.6) is 5.75 Å². The number of benzene rings is 2. The topological polar surface area (TPSA) is 57.8 Å². The van der Waals surface area contributed by atoms with Gasteiger partial charge >= 0.3 is 0 Å². The first-order valence-electron chi connectivity index (χ1n) is 6.50. The summed E-state index contributed by atoms with van der Waals surface area (Å²) >= 11 is 12.0. The van der Waals surface area contributed by atoms with Crippen LogP contribution < -0.4 is 0 Å². The van der Waals surface area contributed by atoms with Crippen molar-refractivity contribution in [2.45, 2.75) is 6.92 Å². The number of rotatable bonds is 2. The molecule has 1 N–H and O–H groups in total. The molecule has 0 unspecified atom stereocenters. The van der Waals surface area contributed by atoms with Crippen molar-refractivity contribution in [3.05, 3.63) is 58.2 Å². The lowest BCUT2D eigenvalue weighted by atomic mass is 10.1. The van der Waals surface area contributed by atoms with Gasteiger partial charge in [0.15, 0.2) is 5.75 Å². The number of phenolic OH excluding ortho intramolecular Hbond substituents is 1. The van der Waals surface area contributed by atoms with Crippen molar-refractivity contribution in [1.29, 1.82) is 0 Å². The van der Waals surface area contributed by atoms with E-state index in [0.717, 1.165) is 10.9 Å². The number of aryl methyl sites for hydroxylation is 1. The number of hydrogen-bond donors (Lipinski definition) is 1. The Labute approximate surface area is 137 Å². The van der Waals surface area contributed by atoms with E-state index in [-0.39, 0.29) is 5.75 Å². The maximum Gasteiger partial charge on any atom is 0.170 e. The van der Waals surface area contributed by atoms with Gasteiger partial charge in [-0.05, 0) is 42.8 Å². The van der Waals surface area contributed by atoms with Crippen LogP contribution in [0.25, 0.3) is 10.9 Å². The smallest absolute Gasteiger partial charge is 0.170 e. The molecule has 22 heavy (non-hydrogen) atoms. The van der Waals surface area contributed by atoms with Gasteiger partial charge < -0.3 is 5.11 Å². The number of fused-ring (bicyclic) bond motifs is 1. The minimum Gasteiger partial charge on any atom is -0.504 e. The summed E-state index contributed by atoms with van der Waals surface area (Å²) in [6.07, 6.45) is 1.62. The van der Waals surface area contributed by atoms with Gasteiger partial charge in [-0.15, -0.1) is 10.2 Å². The molecule has 1 aromatic heterocycles. The number of pyridine rings is 1. The van der Waals surface area contributed by atoms with Gasteiger partial charge in [0, 0.05) is 16.6 Å². The summed E-state index contributed by atoms with van der Waals surface area (Å²) in [5, 5.41) is 20.4. The van der Waals surface area contributed by atoms with Crippen LogP contribution in [-0.2, 0) is 0 Å². The maximum absolute atomic E-state index is 10.4. The molecule has 1 heterocycles. The van der Waals surface area contributed by atoms with E-state index < -0.39 is 0 Å². The Balaban J connectivity index is 2.10. The molecule has 4 nitrogen and oxygen atoms in total. The summed E-state index contributed by atoms with van der Waals surface area (Å²) in [5.74, 6) is -0.00231. The van der Waals surface area contributed by atoms with Crippen LogP contribution >= 0.6 is 23.2 Å². The molecule has 0 saturated heterocycles. The van der Waals surface area contributed by atoms with Gasteiger partial charge in [-0.3, -0.25) is 4.98 Å². The van der Waals surface area contributed by atoms with Crippen molar-refractivity contribution in [1.82, 2.24) is 4.98 Å². The third-order valence-electron chi connectivity index (χ3n) is 3.20. The zero-order valence-electron chi connectivity index (χ0n) is 11.6. The summed E-state index contributed by atoms with van der Waals surface area (Å²) in [4.78, 5) is 4.17. The van der Waals surface area contributed by atoms with E-state index in [4.69, 9.17) is 23.2 Å². The zero-order chi connectivity index (χ0) is 15.7. The van der Waals surface area contributed by atoms with Gasteiger partial charge in [-0.25, -0.2) is 0 Å². The first-order chi connectivity index (χ1) is 10.6. The highest BCUT2D eigenvalue weighted by Gasteiger charge is 2.11. The van der Waals surface area contributed by atoms with E-state index in [0.29, 0.717) is 26.9 Å². The van der Waals surface area contributed by atoms with Gasteiger partial charge in [-0.2, -0.15) is 0 Å². The summed E-state index contributed by atoms with van der Waals surface area (Å²) in [7, 11) is 0. The van der Waals surface area contributed by atoms with Gasteiger partial charge in [0.1, 0.15) is 16.9 Å². The highest BCUT2D eigenvalue weighted by molar-refractivity contribution is 6.35. The van der Waals surface area contributed by atoms with E-state index in [2.05, 4.69) is 15.2 Å². The van der Waals surface area contributed by atoms with Crippen LogP contribution in [0.3, 0.4) is 0 Å². The third-order valence-corrected chi connectivity index (χ3v) is 3.75. The number of aromatic nitrogens is 1. The van der Waals surface area contributed by atoms with E-state index in [9.17, 15) is 5.11 Å². The monoisotopic (exact) mass is 331 g/mol.